The summed E-state index contributed by atoms with van der Waals surface area (Å²) in [4.78, 5) is 35.5. The standard InChI is InChI=1S/C17H22O5/c1-4-14(18)21-8-15(19)22-17-7-12-5-11(9(17)2)6-13(10(17)3)16(12)20/h4,9-13H,1,5-8H2,2-3H3. The predicted octanol–water partition coefficient (Wildman–Crippen LogP) is 1.90. The zero-order valence-electron chi connectivity index (χ0n) is 13.0. The van der Waals surface area contributed by atoms with E-state index in [0.29, 0.717) is 18.1 Å². The van der Waals surface area contributed by atoms with Gasteiger partial charge in [-0.2, -0.15) is 0 Å². The fourth-order valence-corrected chi connectivity index (χ4v) is 4.93. The van der Waals surface area contributed by atoms with Crippen LogP contribution in [0.5, 0.6) is 0 Å². The summed E-state index contributed by atoms with van der Waals surface area (Å²) in [5.74, 6) is -0.0791. The van der Waals surface area contributed by atoms with Gasteiger partial charge in [-0.1, -0.05) is 20.4 Å². The van der Waals surface area contributed by atoms with E-state index >= 15 is 0 Å². The second-order valence-electron chi connectivity index (χ2n) is 6.96. The van der Waals surface area contributed by atoms with E-state index in [9.17, 15) is 14.4 Å². The van der Waals surface area contributed by atoms with Crippen molar-refractivity contribution in [1.82, 2.24) is 0 Å². The van der Waals surface area contributed by atoms with Crippen molar-refractivity contribution in [2.45, 2.75) is 38.7 Å². The van der Waals surface area contributed by atoms with Crippen LogP contribution in [-0.2, 0) is 23.9 Å². The summed E-state index contributed by atoms with van der Waals surface area (Å²) < 4.78 is 10.6. The molecule has 4 aliphatic carbocycles. The third-order valence-corrected chi connectivity index (χ3v) is 6.13. The number of carbonyl (C=O) groups is 3. The van der Waals surface area contributed by atoms with E-state index in [1.165, 1.54) is 0 Å². The van der Waals surface area contributed by atoms with Gasteiger partial charge in [-0.25, -0.2) is 9.59 Å². The molecular formula is C17H22O5. The van der Waals surface area contributed by atoms with Crippen LogP contribution in [0.2, 0.25) is 0 Å². The smallest absolute Gasteiger partial charge is 0.344 e. The van der Waals surface area contributed by atoms with Gasteiger partial charge < -0.3 is 9.47 Å². The Morgan fingerprint density at radius 2 is 2.05 bits per heavy atom. The molecule has 6 atom stereocenters. The molecule has 4 saturated carbocycles. The number of rotatable bonds is 4. The lowest BCUT2D eigenvalue weighted by Crippen LogP contribution is -2.66. The number of hydrogen-bond donors (Lipinski definition) is 0. The Bertz CT molecular complexity index is 539. The Morgan fingerprint density at radius 3 is 2.73 bits per heavy atom. The van der Waals surface area contributed by atoms with Crippen LogP contribution in [0.3, 0.4) is 0 Å². The average molecular weight is 306 g/mol. The van der Waals surface area contributed by atoms with Crippen LogP contribution in [-0.4, -0.2) is 29.9 Å². The van der Waals surface area contributed by atoms with Crippen LogP contribution in [0.15, 0.2) is 12.7 Å². The van der Waals surface area contributed by atoms with Crippen LogP contribution < -0.4 is 0 Å². The summed E-state index contributed by atoms with van der Waals surface area (Å²) in [6.45, 7) is 7.02. The first-order valence-corrected chi connectivity index (χ1v) is 7.93. The molecule has 0 aromatic heterocycles. The van der Waals surface area contributed by atoms with Crippen LogP contribution in [0.4, 0.5) is 0 Å². The quantitative estimate of drug-likeness (QED) is 0.586. The van der Waals surface area contributed by atoms with Gasteiger partial charge in [0.25, 0.3) is 0 Å². The first-order valence-electron chi connectivity index (χ1n) is 7.93. The highest BCUT2D eigenvalue weighted by Gasteiger charge is 2.64. The molecule has 0 saturated heterocycles. The molecular weight excluding hydrogens is 284 g/mol. The Balaban J connectivity index is 1.76. The second kappa shape index (κ2) is 5.21. The van der Waals surface area contributed by atoms with Crippen molar-refractivity contribution in [3.05, 3.63) is 12.7 Å². The van der Waals surface area contributed by atoms with Crippen LogP contribution in [0.1, 0.15) is 33.1 Å². The molecule has 0 aromatic carbocycles. The van der Waals surface area contributed by atoms with Gasteiger partial charge in [0.15, 0.2) is 6.61 Å². The number of ether oxygens (including phenoxy) is 2. The number of carbonyl (C=O) groups excluding carboxylic acids is 3. The molecule has 0 amide bonds. The molecule has 5 nitrogen and oxygen atoms in total. The largest absolute Gasteiger partial charge is 0.456 e. The number of Topliss-reactive ketones (excluding diaryl/α,β-unsaturated/α-hetero) is 1. The minimum absolute atomic E-state index is 0.0113. The number of ketones is 1. The minimum atomic E-state index is -0.640. The fraction of sp³-hybridized carbons (Fsp3) is 0.706. The molecule has 5 heteroatoms. The number of esters is 2. The molecule has 0 aromatic rings. The highest BCUT2D eigenvalue weighted by Crippen LogP contribution is 2.60. The van der Waals surface area contributed by atoms with E-state index < -0.39 is 24.1 Å². The lowest BCUT2D eigenvalue weighted by molar-refractivity contribution is -0.226. The van der Waals surface area contributed by atoms with Crippen molar-refractivity contribution in [3.8, 4) is 0 Å². The Morgan fingerprint density at radius 1 is 1.32 bits per heavy atom. The molecule has 4 fully saturated rings. The number of hydrogen-bond acceptors (Lipinski definition) is 5. The first-order chi connectivity index (χ1) is 10.4. The van der Waals surface area contributed by atoms with E-state index in [1.807, 2.05) is 6.92 Å². The molecule has 0 aliphatic heterocycles. The van der Waals surface area contributed by atoms with Crippen molar-refractivity contribution in [2.24, 2.45) is 29.6 Å². The first kappa shape index (κ1) is 15.3. The Hall–Kier alpha value is -1.65. The molecule has 0 radical (unpaired) electrons. The maximum atomic E-state index is 12.4. The van der Waals surface area contributed by atoms with Gasteiger partial charge in [0, 0.05) is 23.8 Å². The van der Waals surface area contributed by atoms with Crippen molar-refractivity contribution >= 4 is 17.7 Å². The molecule has 0 N–H and O–H groups in total. The lowest BCUT2D eigenvalue weighted by atomic mass is 9.46. The summed E-state index contributed by atoms with van der Waals surface area (Å²) in [6, 6.07) is 0. The normalized spacial score (nSPS) is 42.1. The SMILES string of the molecule is C=CC(=O)OCC(=O)OC12CC3CC(CC(C3=O)C1C)C2C. The monoisotopic (exact) mass is 306 g/mol. The highest BCUT2D eigenvalue weighted by atomic mass is 16.6. The zero-order valence-corrected chi connectivity index (χ0v) is 13.0. The molecule has 0 heterocycles. The van der Waals surface area contributed by atoms with Crippen LogP contribution >= 0.6 is 0 Å². The fourth-order valence-electron chi connectivity index (χ4n) is 4.93. The van der Waals surface area contributed by atoms with E-state index in [0.717, 1.165) is 18.9 Å². The second-order valence-corrected chi connectivity index (χ2v) is 6.96. The van der Waals surface area contributed by atoms with Gasteiger partial charge in [0.05, 0.1) is 0 Å². The van der Waals surface area contributed by atoms with Gasteiger partial charge in [-0.05, 0) is 31.1 Å². The van der Waals surface area contributed by atoms with E-state index in [1.54, 1.807) is 0 Å². The third-order valence-electron chi connectivity index (χ3n) is 6.13. The van der Waals surface area contributed by atoms with E-state index in [2.05, 4.69) is 13.5 Å². The van der Waals surface area contributed by atoms with Crippen molar-refractivity contribution in [2.75, 3.05) is 6.61 Å². The van der Waals surface area contributed by atoms with Gasteiger partial charge in [0.1, 0.15) is 11.4 Å². The third kappa shape index (κ3) is 2.09. The lowest BCUT2D eigenvalue weighted by Gasteiger charge is -2.61. The minimum Gasteiger partial charge on any atom is -0.456 e. The molecule has 6 unspecified atom stereocenters. The van der Waals surface area contributed by atoms with Crippen molar-refractivity contribution < 1.29 is 23.9 Å². The van der Waals surface area contributed by atoms with Crippen molar-refractivity contribution in [3.63, 3.8) is 0 Å². The average Bonchev–Trinajstić information content (AvgIpc) is 2.49. The van der Waals surface area contributed by atoms with Gasteiger partial charge in [-0.3, -0.25) is 4.79 Å². The molecule has 22 heavy (non-hydrogen) atoms. The predicted molar refractivity (Wildman–Crippen MR) is 77.6 cm³/mol. The van der Waals surface area contributed by atoms with Gasteiger partial charge in [0.2, 0.25) is 0 Å². The molecule has 0 spiro atoms. The summed E-state index contributed by atoms with van der Waals surface area (Å²) >= 11 is 0. The maximum Gasteiger partial charge on any atom is 0.344 e. The van der Waals surface area contributed by atoms with E-state index in [4.69, 9.17) is 9.47 Å². The summed E-state index contributed by atoms with van der Waals surface area (Å²) in [6.07, 6.45) is 3.47. The molecule has 4 aliphatic rings. The Labute approximate surface area is 130 Å². The molecule has 4 rings (SSSR count). The topological polar surface area (TPSA) is 69.7 Å². The summed E-state index contributed by atoms with van der Waals surface area (Å²) in [5.41, 5.74) is -0.581. The molecule has 120 valence electrons. The maximum absolute atomic E-state index is 12.4. The van der Waals surface area contributed by atoms with E-state index in [-0.39, 0.29) is 23.7 Å². The highest BCUT2D eigenvalue weighted by molar-refractivity contribution is 5.87. The van der Waals surface area contributed by atoms with Gasteiger partial charge in [-0.15, -0.1) is 0 Å². The van der Waals surface area contributed by atoms with Crippen molar-refractivity contribution in [1.29, 1.82) is 0 Å². The zero-order chi connectivity index (χ0) is 16.1. The summed E-state index contributed by atoms with van der Waals surface area (Å²) in [7, 11) is 0. The molecule has 4 bridgehead atoms. The van der Waals surface area contributed by atoms with Crippen LogP contribution in [0, 0.1) is 29.6 Å². The Kier molecular flexibility index (Phi) is 3.62. The summed E-state index contributed by atoms with van der Waals surface area (Å²) in [5, 5.41) is 0. The van der Waals surface area contributed by atoms with Crippen LogP contribution in [0.25, 0.3) is 0 Å². The van der Waals surface area contributed by atoms with Gasteiger partial charge >= 0.3 is 11.9 Å².